The van der Waals surface area contributed by atoms with Crippen molar-refractivity contribution < 1.29 is 0 Å². The third-order valence-electron chi connectivity index (χ3n) is 4.12. The highest BCUT2D eigenvalue weighted by atomic mass is 14.5. The van der Waals surface area contributed by atoms with Crippen LogP contribution < -0.4 is 0 Å². The summed E-state index contributed by atoms with van der Waals surface area (Å²) in [5.74, 6) is 2.09. The highest BCUT2D eigenvalue weighted by Crippen LogP contribution is 2.56. The molecule has 0 heteroatoms. The van der Waals surface area contributed by atoms with Gasteiger partial charge in [0.15, 0.2) is 0 Å². The molecule has 0 bridgehead atoms. The van der Waals surface area contributed by atoms with Gasteiger partial charge in [-0.05, 0) is 30.1 Å². The van der Waals surface area contributed by atoms with Crippen LogP contribution >= 0.6 is 0 Å². The van der Waals surface area contributed by atoms with Gasteiger partial charge in [-0.25, -0.2) is 0 Å². The molecule has 0 aromatic carbocycles. The fraction of sp³-hybridized carbons (Fsp3) is 1.00. The molecule has 1 aliphatic carbocycles. The molecule has 0 saturated heterocycles. The summed E-state index contributed by atoms with van der Waals surface area (Å²) in [7, 11) is 0. The van der Waals surface area contributed by atoms with Gasteiger partial charge in [-0.15, -0.1) is 0 Å². The summed E-state index contributed by atoms with van der Waals surface area (Å²) in [5.41, 5.74) is 0.705. The van der Waals surface area contributed by atoms with Crippen LogP contribution in [0.1, 0.15) is 59.8 Å². The van der Waals surface area contributed by atoms with E-state index in [1.165, 1.54) is 32.1 Å². The molecular formula is C12H24. The molecule has 12 heavy (non-hydrogen) atoms. The van der Waals surface area contributed by atoms with Gasteiger partial charge in [0.1, 0.15) is 0 Å². The minimum Gasteiger partial charge on any atom is -0.0654 e. The normalized spacial score (nSPS) is 41.0. The van der Waals surface area contributed by atoms with Crippen LogP contribution in [0.4, 0.5) is 0 Å². The highest BCUT2D eigenvalue weighted by Gasteiger charge is 2.46. The van der Waals surface area contributed by atoms with Gasteiger partial charge in [0, 0.05) is 0 Å². The molecule has 72 valence electrons. The van der Waals surface area contributed by atoms with Gasteiger partial charge >= 0.3 is 0 Å². The number of hydrogen-bond acceptors (Lipinski definition) is 0. The molecule has 0 spiro atoms. The summed E-state index contributed by atoms with van der Waals surface area (Å²) >= 11 is 0. The van der Waals surface area contributed by atoms with E-state index in [1.54, 1.807) is 0 Å². The van der Waals surface area contributed by atoms with E-state index in [-0.39, 0.29) is 0 Å². The van der Waals surface area contributed by atoms with Gasteiger partial charge in [-0.3, -0.25) is 0 Å². The molecule has 0 aliphatic heterocycles. The van der Waals surface area contributed by atoms with Crippen LogP contribution in [0.15, 0.2) is 0 Å². The second kappa shape index (κ2) is 3.81. The zero-order chi connectivity index (χ0) is 9.19. The van der Waals surface area contributed by atoms with Crippen molar-refractivity contribution in [2.45, 2.75) is 59.8 Å². The summed E-state index contributed by atoms with van der Waals surface area (Å²) in [4.78, 5) is 0. The summed E-state index contributed by atoms with van der Waals surface area (Å²) in [6.07, 6.45) is 7.11. The average Bonchev–Trinajstić information content (AvgIpc) is 2.09. The topological polar surface area (TPSA) is 0 Å². The quantitative estimate of drug-likeness (QED) is 0.588. The van der Waals surface area contributed by atoms with E-state index < -0.39 is 0 Å². The third kappa shape index (κ3) is 1.53. The zero-order valence-corrected chi connectivity index (χ0v) is 9.19. The summed E-state index contributed by atoms with van der Waals surface area (Å²) in [5, 5.41) is 0. The van der Waals surface area contributed by atoms with Gasteiger partial charge in [0.05, 0.1) is 0 Å². The standard InChI is InChI=1S/C12H24/c1-5-8-11-10(6-2)9-12(11,4)7-3/h10-11H,5-9H2,1-4H3. The van der Waals surface area contributed by atoms with Crippen molar-refractivity contribution in [3.05, 3.63) is 0 Å². The van der Waals surface area contributed by atoms with Gasteiger partial charge in [0.2, 0.25) is 0 Å². The molecule has 0 aromatic heterocycles. The fourth-order valence-corrected chi connectivity index (χ4v) is 3.03. The van der Waals surface area contributed by atoms with Crippen LogP contribution in [0.2, 0.25) is 0 Å². The lowest BCUT2D eigenvalue weighted by Crippen LogP contribution is -2.45. The van der Waals surface area contributed by atoms with Gasteiger partial charge in [-0.2, -0.15) is 0 Å². The molecule has 0 N–H and O–H groups in total. The lowest BCUT2D eigenvalue weighted by Gasteiger charge is -2.54. The number of hydrogen-bond donors (Lipinski definition) is 0. The van der Waals surface area contributed by atoms with Crippen molar-refractivity contribution in [2.24, 2.45) is 17.3 Å². The molecule has 1 saturated carbocycles. The maximum atomic E-state index is 2.49. The van der Waals surface area contributed by atoms with E-state index in [1.807, 2.05) is 0 Å². The Morgan fingerprint density at radius 1 is 1.25 bits per heavy atom. The molecule has 3 unspecified atom stereocenters. The predicted molar refractivity (Wildman–Crippen MR) is 55.2 cm³/mol. The first-order valence-corrected chi connectivity index (χ1v) is 5.68. The maximum absolute atomic E-state index is 2.49. The van der Waals surface area contributed by atoms with Crippen LogP contribution in [0.3, 0.4) is 0 Å². The maximum Gasteiger partial charge on any atom is -0.0295 e. The van der Waals surface area contributed by atoms with Crippen LogP contribution in [0.5, 0.6) is 0 Å². The Hall–Kier alpha value is 0. The Balaban J connectivity index is 2.49. The molecule has 0 nitrogen and oxygen atoms in total. The highest BCUT2D eigenvalue weighted by molar-refractivity contribution is 4.96. The molecule has 0 amide bonds. The van der Waals surface area contributed by atoms with Crippen LogP contribution in [-0.2, 0) is 0 Å². The van der Waals surface area contributed by atoms with Crippen LogP contribution in [-0.4, -0.2) is 0 Å². The first kappa shape index (κ1) is 10.1. The molecule has 3 atom stereocenters. The molecule has 0 aromatic rings. The molecular weight excluding hydrogens is 144 g/mol. The lowest BCUT2D eigenvalue weighted by atomic mass is 9.51. The smallest absolute Gasteiger partial charge is 0.0295 e. The Bertz CT molecular complexity index is 139. The van der Waals surface area contributed by atoms with E-state index in [2.05, 4.69) is 27.7 Å². The van der Waals surface area contributed by atoms with Crippen LogP contribution in [0, 0.1) is 17.3 Å². The van der Waals surface area contributed by atoms with Crippen molar-refractivity contribution in [2.75, 3.05) is 0 Å². The SMILES string of the molecule is CCCC1C(CC)CC1(C)CC. The first-order valence-electron chi connectivity index (χ1n) is 5.68. The molecule has 0 radical (unpaired) electrons. The molecule has 1 fully saturated rings. The predicted octanol–water partition coefficient (Wildman–Crippen LogP) is 4.25. The second-order valence-corrected chi connectivity index (χ2v) is 4.78. The molecule has 1 aliphatic rings. The Kier molecular flexibility index (Phi) is 3.20. The van der Waals surface area contributed by atoms with Crippen molar-refractivity contribution in [1.82, 2.24) is 0 Å². The average molecular weight is 168 g/mol. The summed E-state index contributed by atoms with van der Waals surface area (Å²) in [6, 6.07) is 0. The monoisotopic (exact) mass is 168 g/mol. The van der Waals surface area contributed by atoms with Crippen molar-refractivity contribution in [3.63, 3.8) is 0 Å². The van der Waals surface area contributed by atoms with Gasteiger partial charge in [0.25, 0.3) is 0 Å². The van der Waals surface area contributed by atoms with Crippen LogP contribution in [0.25, 0.3) is 0 Å². The van der Waals surface area contributed by atoms with E-state index in [4.69, 9.17) is 0 Å². The third-order valence-corrected chi connectivity index (χ3v) is 4.12. The second-order valence-electron chi connectivity index (χ2n) is 4.78. The largest absolute Gasteiger partial charge is 0.0654 e. The first-order chi connectivity index (χ1) is 5.68. The summed E-state index contributed by atoms with van der Waals surface area (Å²) < 4.78 is 0. The molecule has 1 rings (SSSR count). The lowest BCUT2D eigenvalue weighted by molar-refractivity contribution is -0.0388. The fourth-order valence-electron chi connectivity index (χ4n) is 3.03. The minimum atomic E-state index is 0.705. The van der Waals surface area contributed by atoms with E-state index >= 15 is 0 Å². The summed E-state index contributed by atoms with van der Waals surface area (Å²) in [6.45, 7) is 9.51. The van der Waals surface area contributed by atoms with E-state index in [0.717, 1.165) is 11.8 Å². The zero-order valence-electron chi connectivity index (χ0n) is 9.19. The Labute approximate surface area is 77.7 Å². The number of rotatable bonds is 4. The van der Waals surface area contributed by atoms with E-state index in [0.29, 0.717) is 5.41 Å². The van der Waals surface area contributed by atoms with Gasteiger partial charge in [-0.1, -0.05) is 47.0 Å². The van der Waals surface area contributed by atoms with E-state index in [9.17, 15) is 0 Å². The van der Waals surface area contributed by atoms with Crippen molar-refractivity contribution >= 4 is 0 Å². The van der Waals surface area contributed by atoms with Gasteiger partial charge < -0.3 is 0 Å². The molecule has 0 heterocycles. The Morgan fingerprint density at radius 2 is 1.92 bits per heavy atom. The van der Waals surface area contributed by atoms with Crippen molar-refractivity contribution in [3.8, 4) is 0 Å². The minimum absolute atomic E-state index is 0.705. The van der Waals surface area contributed by atoms with Crippen molar-refractivity contribution in [1.29, 1.82) is 0 Å². The Morgan fingerprint density at radius 3 is 2.33 bits per heavy atom.